The molecule has 0 spiro atoms. The number of rotatable bonds is 4. The zero-order chi connectivity index (χ0) is 19.8. The average Bonchev–Trinajstić information content (AvgIpc) is 2.99. The molecule has 0 saturated carbocycles. The van der Waals surface area contributed by atoms with E-state index in [9.17, 15) is 9.90 Å². The van der Waals surface area contributed by atoms with Gasteiger partial charge in [-0.2, -0.15) is 5.10 Å². The van der Waals surface area contributed by atoms with Crippen LogP contribution in [0.15, 0.2) is 42.5 Å². The van der Waals surface area contributed by atoms with Crippen LogP contribution in [0.1, 0.15) is 48.1 Å². The molecule has 0 aliphatic carbocycles. The van der Waals surface area contributed by atoms with Crippen LogP contribution in [0.2, 0.25) is 0 Å². The quantitative estimate of drug-likeness (QED) is 0.706. The van der Waals surface area contributed by atoms with Crippen molar-refractivity contribution in [3.8, 4) is 5.69 Å². The lowest BCUT2D eigenvalue weighted by Gasteiger charge is -2.14. The first-order valence-corrected chi connectivity index (χ1v) is 8.81. The molecule has 6 nitrogen and oxygen atoms in total. The number of carboxylic acids is 1. The van der Waals surface area contributed by atoms with Crippen molar-refractivity contribution in [2.45, 2.75) is 40.0 Å². The third-order valence-corrected chi connectivity index (χ3v) is 4.33. The van der Waals surface area contributed by atoms with Gasteiger partial charge in [-0.05, 0) is 37.6 Å². The van der Waals surface area contributed by atoms with E-state index in [-0.39, 0.29) is 11.0 Å². The monoisotopic (exact) mass is 364 g/mol. The van der Waals surface area contributed by atoms with Gasteiger partial charge in [-0.1, -0.05) is 39.0 Å². The van der Waals surface area contributed by atoms with Gasteiger partial charge in [-0.15, -0.1) is 0 Å². The zero-order valence-electron chi connectivity index (χ0n) is 16.2. The standard InChI is InChI=1S/C21H24N4O2/c1-13-8-6-7-9-16(13)25-18(12-17(24-25)21(3,4)5)23-19-15(20(26)27)11-10-14(2)22-19/h6-12H,1-5H3,(H,22,23)(H,26,27). The molecule has 0 bridgehead atoms. The molecule has 2 aromatic heterocycles. The van der Waals surface area contributed by atoms with E-state index in [2.05, 4.69) is 31.1 Å². The Morgan fingerprint density at radius 3 is 2.44 bits per heavy atom. The highest BCUT2D eigenvalue weighted by atomic mass is 16.4. The maximum absolute atomic E-state index is 11.6. The molecule has 0 aliphatic rings. The number of nitrogens with zero attached hydrogens (tertiary/aromatic N) is 3. The van der Waals surface area contributed by atoms with E-state index in [4.69, 9.17) is 5.10 Å². The van der Waals surface area contributed by atoms with E-state index in [1.165, 1.54) is 0 Å². The fourth-order valence-electron chi connectivity index (χ4n) is 2.77. The summed E-state index contributed by atoms with van der Waals surface area (Å²) in [6.07, 6.45) is 0. The lowest BCUT2D eigenvalue weighted by Crippen LogP contribution is -2.13. The normalized spacial score (nSPS) is 11.4. The van der Waals surface area contributed by atoms with Crippen molar-refractivity contribution in [3.05, 3.63) is 65.0 Å². The SMILES string of the molecule is Cc1ccc(C(=O)O)c(Nc2cc(C(C)(C)C)nn2-c2ccccc2C)n1. The Morgan fingerprint density at radius 1 is 1.11 bits per heavy atom. The van der Waals surface area contributed by atoms with Gasteiger partial charge in [-0.25, -0.2) is 14.5 Å². The predicted molar refractivity (Wildman–Crippen MR) is 106 cm³/mol. The molecular formula is C21H24N4O2. The molecule has 6 heteroatoms. The first-order valence-electron chi connectivity index (χ1n) is 8.81. The van der Waals surface area contributed by atoms with Crippen LogP contribution in [0.3, 0.4) is 0 Å². The highest BCUT2D eigenvalue weighted by molar-refractivity contribution is 5.93. The van der Waals surface area contributed by atoms with Crippen LogP contribution in [0.4, 0.5) is 11.6 Å². The summed E-state index contributed by atoms with van der Waals surface area (Å²) in [5.74, 6) is -0.0458. The number of nitrogens with one attached hydrogen (secondary N) is 1. The number of hydrogen-bond donors (Lipinski definition) is 2. The third-order valence-electron chi connectivity index (χ3n) is 4.33. The van der Waals surface area contributed by atoms with Gasteiger partial charge in [0.2, 0.25) is 0 Å². The molecule has 0 unspecified atom stereocenters. The molecule has 0 aliphatic heterocycles. The second-order valence-corrected chi connectivity index (χ2v) is 7.64. The number of aryl methyl sites for hydroxylation is 2. The second-order valence-electron chi connectivity index (χ2n) is 7.64. The Labute approximate surface area is 158 Å². The van der Waals surface area contributed by atoms with E-state index in [1.807, 2.05) is 48.9 Å². The summed E-state index contributed by atoms with van der Waals surface area (Å²) in [5.41, 5.74) is 3.61. The van der Waals surface area contributed by atoms with Gasteiger partial charge in [0.15, 0.2) is 0 Å². The first-order chi connectivity index (χ1) is 12.7. The smallest absolute Gasteiger partial charge is 0.339 e. The summed E-state index contributed by atoms with van der Waals surface area (Å²) in [6.45, 7) is 10.1. The number of carboxylic acid groups (broad SMARTS) is 1. The number of carbonyl (C=O) groups is 1. The summed E-state index contributed by atoms with van der Waals surface area (Å²) in [7, 11) is 0. The van der Waals surface area contributed by atoms with Crippen LogP contribution < -0.4 is 5.32 Å². The number of para-hydroxylation sites is 1. The van der Waals surface area contributed by atoms with Crippen LogP contribution in [-0.4, -0.2) is 25.8 Å². The molecule has 27 heavy (non-hydrogen) atoms. The number of pyridine rings is 1. The third kappa shape index (κ3) is 3.84. The summed E-state index contributed by atoms with van der Waals surface area (Å²) in [4.78, 5) is 16.0. The molecule has 0 amide bonds. The lowest BCUT2D eigenvalue weighted by molar-refractivity contribution is 0.0697. The molecule has 2 N–H and O–H groups in total. The van der Waals surface area contributed by atoms with Crippen molar-refractivity contribution in [3.63, 3.8) is 0 Å². The summed E-state index contributed by atoms with van der Waals surface area (Å²) in [6, 6.07) is 13.1. The van der Waals surface area contributed by atoms with Crippen molar-refractivity contribution < 1.29 is 9.90 Å². The highest BCUT2D eigenvalue weighted by Gasteiger charge is 2.22. The van der Waals surface area contributed by atoms with Crippen molar-refractivity contribution in [2.75, 3.05) is 5.32 Å². The second kappa shape index (κ2) is 6.87. The number of benzene rings is 1. The topological polar surface area (TPSA) is 80.0 Å². The van der Waals surface area contributed by atoms with Crippen LogP contribution in [0.5, 0.6) is 0 Å². The molecule has 1 aromatic carbocycles. The molecule has 0 atom stereocenters. The van der Waals surface area contributed by atoms with E-state index < -0.39 is 5.97 Å². The molecule has 0 radical (unpaired) electrons. The molecule has 0 saturated heterocycles. The van der Waals surface area contributed by atoms with Crippen molar-refractivity contribution in [2.24, 2.45) is 0 Å². The van der Waals surface area contributed by atoms with Gasteiger partial charge < -0.3 is 10.4 Å². The van der Waals surface area contributed by atoms with Crippen LogP contribution in [0.25, 0.3) is 5.69 Å². The minimum Gasteiger partial charge on any atom is -0.478 e. The number of aromatic carboxylic acids is 1. The van der Waals surface area contributed by atoms with E-state index in [0.717, 1.165) is 22.6 Å². The van der Waals surface area contributed by atoms with Gasteiger partial charge in [0.1, 0.15) is 17.2 Å². The Balaban J connectivity index is 2.16. The van der Waals surface area contributed by atoms with Gasteiger partial charge >= 0.3 is 5.97 Å². The van der Waals surface area contributed by atoms with Crippen molar-refractivity contribution >= 4 is 17.6 Å². The number of anilines is 2. The highest BCUT2D eigenvalue weighted by Crippen LogP contribution is 2.29. The molecule has 3 aromatic rings. The van der Waals surface area contributed by atoms with Crippen LogP contribution >= 0.6 is 0 Å². The molecule has 0 fully saturated rings. The van der Waals surface area contributed by atoms with E-state index in [0.29, 0.717) is 11.6 Å². The van der Waals surface area contributed by atoms with E-state index >= 15 is 0 Å². The van der Waals surface area contributed by atoms with Gasteiger partial charge in [0.05, 0.1) is 11.4 Å². The fraction of sp³-hybridized carbons (Fsp3) is 0.286. The predicted octanol–water partition coefficient (Wildman–Crippen LogP) is 4.62. The number of hydrogen-bond acceptors (Lipinski definition) is 4. The Bertz CT molecular complexity index is 1000. The maximum Gasteiger partial charge on any atom is 0.339 e. The summed E-state index contributed by atoms with van der Waals surface area (Å²) < 4.78 is 1.81. The molecular weight excluding hydrogens is 340 g/mol. The minimum absolute atomic E-state index is 0.121. The van der Waals surface area contributed by atoms with Crippen LogP contribution in [-0.2, 0) is 5.41 Å². The molecule has 140 valence electrons. The van der Waals surface area contributed by atoms with Crippen LogP contribution in [0, 0.1) is 13.8 Å². The van der Waals surface area contributed by atoms with Gasteiger partial charge in [-0.3, -0.25) is 0 Å². The molecule has 2 heterocycles. The van der Waals surface area contributed by atoms with Gasteiger partial charge in [0.25, 0.3) is 0 Å². The largest absolute Gasteiger partial charge is 0.478 e. The summed E-state index contributed by atoms with van der Waals surface area (Å²) in [5, 5.41) is 17.5. The maximum atomic E-state index is 11.6. The Kier molecular flexibility index (Phi) is 4.74. The minimum atomic E-state index is -1.02. The number of aromatic nitrogens is 3. The lowest BCUT2D eigenvalue weighted by atomic mass is 9.92. The van der Waals surface area contributed by atoms with Crippen molar-refractivity contribution in [1.82, 2.24) is 14.8 Å². The Morgan fingerprint density at radius 2 is 1.81 bits per heavy atom. The molecule has 3 rings (SSSR count). The Hall–Kier alpha value is -3.15. The summed E-state index contributed by atoms with van der Waals surface area (Å²) >= 11 is 0. The first kappa shape index (κ1) is 18.6. The fourth-order valence-corrected chi connectivity index (χ4v) is 2.77. The average molecular weight is 364 g/mol. The zero-order valence-corrected chi connectivity index (χ0v) is 16.2. The van der Waals surface area contributed by atoms with E-state index in [1.54, 1.807) is 12.1 Å². The van der Waals surface area contributed by atoms with Crippen molar-refractivity contribution in [1.29, 1.82) is 0 Å². The van der Waals surface area contributed by atoms with Gasteiger partial charge in [0, 0.05) is 17.2 Å².